The van der Waals surface area contributed by atoms with E-state index < -0.39 is 0 Å². The summed E-state index contributed by atoms with van der Waals surface area (Å²) in [5.74, 6) is 2.17. The number of hydrogen-bond donors (Lipinski definition) is 2. The number of nitrogens with zero attached hydrogens (tertiary/aromatic N) is 5. The Hall–Kier alpha value is -2.12. The van der Waals surface area contributed by atoms with Crippen LogP contribution in [-0.2, 0) is 13.1 Å². The third-order valence-corrected chi connectivity index (χ3v) is 5.72. The quantitative estimate of drug-likeness (QED) is 0.535. The number of aryl methyl sites for hydroxylation is 1. The highest BCUT2D eigenvalue weighted by Gasteiger charge is 2.30. The summed E-state index contributed by atoms with van der Waals surface area (Å²) >= 11 is 6.27. The van der Waals surface area contributed by atoms with Crippen molar-refractivity contribution in [3.8, 4) is 0 Å². The third kappa shape index (κ3) is 5.70. The van der Waals surface area contributed by atoms with Gasteiger partial charge in [0, 0.05) is 30.7 Å². The number of guanidine groups is 1. The van der Waals surface area contributed by atoms with Crippen LogP contribution in [0.2, 0.25) is 5.02 Å². The van der Waals surface area contributed by atoms with E-state index in [4.69, 9.17) is 16.6 Å². The molecule has 0 spiro atoms. The zero-order valence-electron chi connectivity index (χ0n) is 17.6. The second-order valence-electron chi connectivity index (χ2n) is 7.49. The first-order chi connectivity index (χ1) is 14.1. The smallest absolute Gasteiger partial charge is 0.191 e. The Morgan fingerprint density at radius 3 is 2.93 bits per heavy atom. The summed E-state index contributed by atoms with van der Waals surface area (Å²) in [6.45, 7) is 8.28. The number of hydrogen-bond acceptors (Lipinski definition) is 4. The van der Waals surface area contributed by atoms with Crippen molar-refractivity contribution in [3.63, 3.8) is 0 Å². The normalized spacial score (nSPS) is 20.6. The van der Waals surface area contributed by atoms with Gasteiger partial charge in [0.25, 0.3) is 0 Å². The van der Waals surface area contributed by atoms with Gasteiger partial charge in [-0.3, -0.25) is 4.90 Å². The number of aromatic nitrogens is 3. The van der Waals surface area contributed by atoms with Crippen LogP contribution in [0.1, 0.15) is 44.1 Å². The Kier molecular flexibility index (Phi) is 7.89. The van der Waals surface area contributed by atoms with E-state index in [1.807, 2.05) is 16.7 Å². The van der Waals surface area contributed by atoms with Gasteiger partial charge in [0.15, 0.2) is 11.8 Å². The monoisotopic (exact) mass is 417 g/mol. The summed E-state index contributed by atoms with van der Waals surface area (Å²) in [6.07, 6.45) is 4.13. The van der Waals surface area contributed by atoms with E-state index in [1.165, 1.54) is 18.4 Å². The molecular weight excluding hydrogens is 386 g/mol. The second-order valence-corrected chi connectivity index (χ2v) is 7.93. The van der Waals surface area contributed by atoms with E-state index >= 15 is 0 Å². The lowest BCUT2D eigenvalue weighted by molar-refractivity contribution is 0.122. The third-order valence-electron chi connectivity index (χ3n) is 5.49. The van der Waals surface area contributed by atoms with Crippen molar-refractivity contribution in [2.75, 3.05) is 26.7 Å². The summed E-state index contributed by atoms with van der Waals surface area (Å²) in [6, 6.07) is 8.60. The van der Waals surface area contributed by atoms with Crippen LogP contribution >= 0.6 is 11.6 Å². The first-order valence-electron chi connectivity index (χ1n) is 10.5. The topological polar surface area (TPSA) is 70.4 Å². The molecule has 1 aromatic carbocycles. The summed E-state index contributed by atoms with van der Waals surface area (Å²) in [7, 11) is 2.20. The Morgan fingerprint density at radius 1 is 1.31 bits per heavy atom. The van der Waals surface area contributed by atoms with Gasteiger partial charge in [-0.15, -0.1) is 10.2 Å². The Bertz CT molecular complexity index is 804. The zero-order valence-corrected chi connectivity index (χ0v) is 18.4. The van der Waals surface area contributed by atoms with Crippen LogP contribution in [0, 0.1) is 5.92 Å². The molecule has 158 valence electrons. The largest absolute Gasteiger partial charge is 0.357 e. The summed E-state index contributed by atoms with van der Waals surface area (Å²) in [4.78, 5) is 7.16. The minimum atomic E-state index is 0.348. The number of rotatable bonds is 7. The maximum absolute atomic E-state index is 6.27. The fourth-order valence-electron chi connectivity index (χ4n) is 4.08. The fourth-order valence-corrected chi connectivity index (χ4v) is 4.27. The van der Waals surface area contributed by atoms with Gasteiger partial charge < -0.3 is 15.2 Å². The summed E-state index contributed by atoms with van der Waals surface area (Å²) in [5, 5.41) is 15.8. The standard InChI is InChI=1S/C21H32ClN7/c1-4-23-21(25-14-19-27-26-15-29(19)5-2)24-13-17-9-7-11-28(3)20(17)16-8-6-10-18(22)12-16/h6,8,10,12,15,17,20H,4-5,7,9,11,13-14H2,1-3H3,(H2,23,24,25). The number of halogens is 1. The highest BCUT2D eigenvalue weighted by atomic mass is 35.5. The summed E-state index contributed by atoms with van der Waals surface area (Å²) in [5.41, 5.74) is 1.28. The molecule has 0 saturated carbocycles. The lowest BCUT2D eigenvalue weighted by Crippen LogP contribution is -2.45. The van der Waals surface area contributed by atoms with Crippen LogP contribution in [0.3, 0.4) is 0 Å². The van der Waals surface area contributed by atoms with E-state index in [0.29, 0.717) is 18.5 Å². The molecule has 2 atom stereocenters. The van der Waals surface area contributed by atoms with Gasteiger partial charge >= 0.3 is 0 Å². The molecule has 1 aliphatic heterocycles. The van der Waals surface area contributed by atoms with Crippen LogP contribution in [0.5, 0.6) is 0 Å². The highest BCUT2D eigenvalue weighted by Crippen LogP contribution is 2.35. The van der Waals surface area contributed by atoms with E-state index in [9.17, 15) is 0 Å². The van der Waals surface area contributed by atoms with Crippen LogP contribution < -0.4 is 10.6 Å². The van der Waals surface area contributed by atoms with E-state index in [1.54, 1.807) is 6.33 Å². The van der Waals surface area contributed by atoms with Gasteiger partial charge in [-0.05, 0) is 63.9 Å². The molecule has 0 bridgehead atoms. The maximum Gasteiger partial charge on any atom is 0.191 e. The van der Waals surface area contributed by atoms with Crippen LogP contribution in [0.25, 0.3) is 0 Å². The molecule has 0 aliphatic carbocycles. The van der Waals surface area contributed by atoms with E-state index in [-0.39, 0.29) is 0 Å². The number of aliphatic imine (C=N–C) groups is 1. The molecule has 1 saturated heterocycles. The van der Waals surface area contributed by atoms with Crippen molar-refractivity contribution in [1.29, 1.82) is 0 Å². The molecule has 2 heterocycles. The van der Waals surface area contributed by atoms with Crippen molar-refractivity contribution in [2.24, 2.45) is 10.9 Å². The molecule has 1 aromatic heterocycles. The van der Waals surface area contributed by atoms with Crippen LogP contribution in [0.15, 0.2) is 35.6 Å². The lowest BCUT2D eigenvalue weighted by atomic mass is 9.85. The molecular formula is C21H32ClN7. The van der Waals surface area contributed by atoms with Gasteiger partial charge in [-0.2, -0.15) is 0 Å². The minimum Gasteiger partial charge on any atom is -0.357 e. The van der Waals surface area contributed by atoms with Gasteiger partial charge in [0.1, 0.15) is 12.9 Å². The Balaban J connectivity index is 1.69. The minimum absolute atomic E-state index is 0.348. The molecule has 2 N–H and O–H groups in total. The lowest BCUT2D eigenvalue weighted by Gasteiger charge is -2.40. The number of piperidine rings is 1. The molecule has 8 heteroatoms. The maximum atomic E-state index is 6.27. The van der Waals surface area contributed by atoms with Crippen molar-refractivity contribution in [3.05, 3.63) is 47.0 Å². The molecule has 2 unspecified atom stereocenters. The molecule has 0 radical (unpaired) electrons. The predicted octanol–water partition coefficient (Wildman–Crippen LogP) is 3.09. The molecule has 29 heavy (non-hydrogen) atoms. The average Bonchev–Trinajstić information content (AvgIpc) is 3.17. The van der Waals surface area contributed by atoms with Gasteiger partial charge in [-0.1, -0.05) is 23.7 Å². The molecule has 1 fully saturated rings. The molecule has 3 rings (SSSR count). The number of likely N-dealkylation sites (tertiary alicyclic amines) is 1. The average molecular weight is 418 g/mol. The molecule has 0 amide bonds. The zero-order chi connectivity index (χ0) is 20.6. The van der Waals surface area contributed by atoms with Crippen LogP contribution in [-0.4, -0.2) is 52.3 Å². The fraction of sp³-hybridized carbons (Fsp3) is 0.571. The Labute approximate surface area is 178 Å². The molecule has 1 aliphatic rings. The van der Waals surface area contributed by atoms with Crippen molar-refractivity contribution in [1.82, 2.24) is 30.3 Å². The SMILES string of the molecule is CCNC(=NCc1nncn1CC)NCC1CCCN(C)C1c1cccc(Cl)c1. The number of benzene rings is 1. The van der Waals surface area contributed by atoms with Crippen LogP contribution in [0.4, 0.5) is 0 Å². The van der Waals surface area contributed by atoms with E-state index in [2.05, 4.69) is 58.8 Å². The van der Waals surface area contributed by atoms with Gasteiger partial charge in [0.05, 0.1) is 0 Å². The number of nitrogens with one attached hydrogen (secondary N) is 2. The molecule has 2 aromatic rings. The molecule has 7 nitrogen and oxygen atoms in total. The van der Waals surface area contributed by atoms with Crippen molar-refractivity contribution < 1.29 is 0 Å². The Morgan fingerprint density at radius 2 is 2.17 bits per heavy atom. The van der Waals surface area contributed by atoms with Gasteiger partial charge in [0.2, 0.25) is 0 Å². The van der Waals surface area contributed by atoms with E-state index in [0.717, 1.165) is 43.0 Å². The predicted molar refractivity (Wildman–Crippen MR) is 118 cm³/mol. The first-order valence-corrected chi connectivity index (χ1v) is 10.8. The van der Waals surface area contributed by atoms with Crippen molar-refractivity contribution >= 4 is 17.6 Å². The summed E-state index contributed by atoms with van der Waals surface area (Å²) < 4.78 is 2.01. The van der Waals surface area contributed by atoms with Gasteiger partial charge in [-0.25, -0.2) is 4.99 Å². The first kappa shape index (κ1) is 21.6. The second kappa shape index (κ2) is 10.6. The van der Waals surface area contributed by atoms with Crippen molar-refractivity contribution in [2.45, 2.75) is 45.8 Å². The highest BCUT2D eigenvalue weighted by molar-refractivity contribution is 6.30.